The quantitative estimate of drug-likeness (QED) is 0.692. The van der Waals surface area contributed by atoms with Crippen molar-refractivity contribution in [3.63, 3.8) is 0 Å². The molecule has 0 bridgehead atoms. The van der Waals surface area contributed by atoms with E-state index in [9.17, 15) is 19.3 Å². The van der Waals surface area contributed by atoms with Crippen molar-refractivity contribution in [3.05, 3.63) is 56.7 Å². The summed E-state index contributed by atoms with van der Waals surface area (Å²) in [6.07, 6.45) is 0. The number of rotatable bonds is 3. The third kappa shape index (κ3) is 2.94. The fourth-order valence-corrected chi connectivity index (χ4v) is 2.17. The van der Waals surface area contributed by atoms with Crippen LogP contribution in [0.2, 0.25) is 0 Å². The molecule has 0 unspecified atom stereocenters. The number of aryl methyl sites for hydroxylation is 1. The van der Waals surface area contributed by atoms with Gasteiger partial charge in [-0.3, -0.25) is 14.9 Å². The molecule has 1 N–H and O–H groups in total. The lowest BCUT2D eigenvalue weighted by Crippen LogP contribution is -2.11. The van der Waals surface area contributed by atoms with E-state index in [0.717, 1.165) is 16.9 Å². The van der Waals surface area contributed by atoms with E-state index in [1.54, 1.807) is 13.0 Å². The van der Waals surface area contributed by atoms with Gasteiger partial charge in [0, 0.05) is 6.07 Å². The number of nitro groups is 1. The van der Waals surface area contributed by atoms with Crippen LogP contribution in [0.15, 0.2) is 30.3 Å². The van der Waals surface area contributed by atoms with E-state index in [1.807, 2.05) is 0 Å². The van der Waals surface area contributed by atoms with Crippen LogP contribution in [0.1, 0.15) is 15.2 Å². The van der Waals surface area contributed by atoms with E-state index >= 15 is 0 Å². The summed E-state index contributed by atoms with van der Waals surface area (Å²) in [5.74, 6) is -1.11. The second kappa shape index (κ2) is 5.15. The van der Waals surface area contributed by atoms with Gasteiger partial charge in [-0.25, -0.2) is 4.39 Å². The lowest BCUT2D eigenvalue weighted by molar-refractivity contribution is -0.380. The highest BCUT2D eigenvalue weighted by molar-refractivity contribution is 7.17. The predicted octanol–water partition coefficient (Wildman–Crippen LogP) is 3.36. The Balaban J connectivity index is 2.18. The zero-order valence-electron chi connectivity index (χ0n) is 9.84. The first kappa shape index (κ1) is 13.2. The Morgan fingerprint density at radius 2 is 2.11 bits per heavy atom. The molecular formula is C12H9FN2O3S. The Morgan fingerprint density at radius 1 is 1.37 bits per heavy atom. The molecule has 0 aliphatic heterocycles. The number of halogens is 1. The minimum absolute atomic E-state index is 0.0478. The van der Waals surface area contributed by atoms with E-state index in [0.29, 0.717) is 0 Å². The Kier molecular flexibility index (Phi) is 3.57. The average Bonchev–Trinajstić information content (AvgIpc) is 2.82. The Bertz CT molecular complexity index is 654. The Hall–Kier alpha value is -2.28. The summed E-state index contributed by atoms with van der Waals surface area (Å²) >= 11 is 0.744. The molecule has 0 radical (unpaired) electrons. The molecule has 0 aliphatic carbocycles. The first-order valence-electron chi connectivity index (χ1n) is 5.29. The van der Waals surface area contributed by atoms with Crippen molar-refractivity contribution >= 4 is 27.9 Å². The number of hydrogen-bond donors (Lipinski definition) is 1. The number of carbonyl (C=O) groups excluding carboxylic acids is 1. The van der Waals surface area contributed by atoms with Crippen molar-refractivity contribution in [3.8, 4) is 0 Å². The van der Waals surface area contributed by atoms with Crippen LogP contribution in [0, 0.1) is 22.9 Å². The molecule has 0 saturated heterocycles. The fourth-order valence-electron chi connectivity index (χ4n) is 1.45. The molecular weight excluding hydrogens is 271 g/mol. The molecule has 98 valence electrons. The fraction of sp³-hybridized carbons (Fsp3) is 0.0833. The summed E-state index contributed by atoms with van der Waals surface area (Å²) in [5.41, 5.74) is 0.786. The minimum atomic E-state index is -0.575. The molecule has 1 aromatic heterocycles. The van der Waals surface area contributed by atoms with Gasteiger partial charge in [-0.05, 0) is 30.7 Å². The molecule has 0 spiro atoms. The topological polar surface area (TPSA) is 72.2 Å². The van der Waals surface area contributed by atoms with Crippen LogP contribution in [0.3, 0.4) is 0 Å². The van der Waals surface area contributed by atoms with Gasteiger partial charge in [-0.1, -0.05) is 17.4 Å². The maximum absolute atomic E-state index is 13.5. The predicted molar refractivity (Wildman–Crippen MR) is 70.1 cm³/mol. The second-order valence-electron chi connectivity index (χ2n) is 3.83. The zero-order chi connectivity index (χ0) is 14.0. The molecule has 0 fully saturated rings. The van der Waals surface area contributed by atoms with Gasteiger partial charge in [0.05, 0.1) is 15.5 Å². The summed E-state index contributed by atoms with van der Waals surface area (Å²) in [7, 11) is 0. The number of benzene rings is 1. The van der Waals surface area contributed by atoms with E-state index in [2.05, 4.69) is 5.32 Å². The van der Waals surface area contributed by atoms with E-state index in [1.165, 1.54) is 24.3 Å². The number of thiophene rings is 1. The second-order valence-corrected chi connectivity index (χ2v) is 4.89. The van der Waals surface area contributed by atoms with Crippen LogP contribution >= 0.6 is 11.3 Å². The monoisotopic (exact) mass is 280 g/mol. The maximum atomic E-state index is 13.5. The van der Waals surface area contributed by atoms with Crippen LogP contribution in [0.5, 0.6) is 0 Å². The summed E-state index contributed by atoms with van der Waals surface area (Å²) < 4.78 is 13.5. The van der Waals surface area contributed by atoms with Crippen LogP contribution in [-0.2, 0) is 0 Å². The number of nitrogens with one attached hydrogen (secondary N) is 1. The van der Waals surface area contributed by atoms with E-state index < -0.39 is 16.6 Å². The van der Waals surface area contributed by atoms with E-state index in [4.69, 9.17) is 0 Å². The highest BCUT2D eigenvalue weighted by atomic mass is 32.1. The molecule has 7 heteroatoms. The van der Waals surface area contributed by atoms with Crippen molar-refractivity contribution in [2.24, 2.45) is 0 Å². The van der Waals surface area contributed by atoms with Crippen molar-refractivity contribution in [1.82, 2.24) is 0 Å². The third-order valence-electron chi connectivity index (χ3n) is 2.37. The summed E-state index contributed by atoms with van der Waals surface area (Å²) in [6, 6.07) is 6.99. The average molecular weight is 280 g/mol. The van der Waals surface area contributed by atoms with Crippen LogP contribution < -0.4 is 5.32 Å². The third-order valence-corrected chi connectivity index (χ3v) is 3.40. The molecule has 2 rings (SSSR count). The first-order valence-corrected chi connectivity index (χ1v) is 6.11. The smallest absolute Gasteiger partial charge is 0.319 e. The normalized spacial score (nSPS) is 10.2. The van der Waals surface area contributed by atoms with Crippen LogP contribution in [0.25, 0.3) is 0 Å². The zero-order valence-corrected chi connectivity index (χ0v) is 10.7. The van der Waals surface area contributed by atoms with Gasteiger partial charge in [0.15, 0.2) is 0 Å². The SMILES string of the molecule is Cc1ccc(NC(=O)c2ccc([N+](=O)[O-])s2)c(F)c1. The highest BCUT2D eigenvalue weighted by Crippen LogP contribution is 2.25. The minimum Gasteiger partial charge on any atom is -0.319 e. The van der Waals surface area contributed by atoms with Gasteiger partial charge < -0.3 is 5.32 Å². The molecule has 19 heavy (non-hydrogen) atoms. The van der Waals surface area contributed by atoms with E-state index in [-0.39, 0.29) is 15.6 Å². The van der Waals surface area contributed by atoms with Gasteiger partial charge in [-0.2, -0.15) is 0 Å². The Morgan fingerprint density at radius 3 is 2.68 bits per heavy atom. The van der Waals surface area contributed by atoms with Gasteiger partial charge in [0.2, 0.25) is 0 Å². The van der Waals surface area contributed by atoms with Gasteiger partial charge >= 0.3 is 5.00 Å². The number of hydrogen-bond acceptors (Lipinski definition) is 4. The molecule has 0 saturated carbocycles. The van der Waals surface area contributed by atoms with Crippen LogP contribution in [-0.4, -0.2) is 10.8 Å². The van der Waals surface area contributed by atoms with Crippen molar-refractivity contribution in [2.45, 2.75) is 6.92 Å². The molecule has 0 atom stereocenters. The summed E-state index contributed by atoms with van der Waals surface area (Å²) in [5, 5.41) is 12.8. The number of nitrogens with zero attached hydrogens (tertiary/aromatic N) is 1. The molecule has 2 aromatic rings. The van der Waals surface area contributed by atoms with Gasteiger partial charge in [0.25, 0.3) is 5.91 Å². The lowest BCUT2D eigenvalue weighted by atomic mass is 10.2. The van der Waals surface area contributed by atoms with Gasteiger partial charge in [-0.15, -0.1) is 0 Å². The first-order chi connectivity index (χ1) is 8.97. The van der Waals surface area contributed by atoms with Crippen molar-refractivity contribution in [1.29, 1.82) is 0 Å². The standard InChI is InChI=1S/C12H9FN2O3S/c1-7-2-3-9(8(13)6-7)14-12(16)10-4-5-11(19-10)15(17)18/h2-6H,1H3,(H,14,16). The van der Waals surface area contributed by atoms with Crippen molar-refractivity contribution < 1.29 is 14.1 Å². The number of carbonyl (C=O) groups is 1. The molecule has 0 aliphatic rings. The van der Waals surface area contributed by atoms with Crippen LogP contribution in [0.4, 0.5) is 15.1 Å². The summed E-state index contributed by atoms with van der Waals surface area (Å²) in [6.45, 7) is 1.73. The Labute approximate surface area is 111 Å². The largest absolute Gasteiger partial charge is 0.324 e. The summed E-state index contributed by atoms with van der Waals surface area (Å²) in [4.78, 5) is 21.9. The molecule has 1 heterocycles. The highest BCUT2D eigenvalue weighted by Gasteiger charge is 2.16. The maximum Gasteiger partial charge on any atom is 0.324 e. The molecule has 1 amide bonds. The van der Waals surface area contributed by atoms with Crippen molar-refractivity contribution in [2.75, 3.05) is 5.32 Å². The number of anilines is 1. The number of amides is 1. The lowest BCUT2D eigenvalue weighted by Gasteiger charge is -2.05. The molecule has 1 aromatic carbocycles. The van der Waals surface area contributed by atoms with Gasteiger partial charge in [0.1, 0.15) is 5.82 Å². The molecule has 5 nitrogen and oxygen atoms in total.